The predicted molar refractivity (Wildman–Crippen MR) is 93.5 cm³/mol. The maximum Gasteiger partial charge on any atom is 0.272 e. The average molecular weight is 312 g/mol. The van der Waals surface area contributed by atoms with Crippen LogP contribution in [0.2, 0.25) is 0 Å². The van der Waals surface area contributed by atoms with Crippen LogP contribution in [0.15, 0.2) is 48.5 Å². The van der Waals surface area contributed by atoms with Crippen LogP contribution >= 0.6 is 0 Å². The number of hydrogen-bond donors (Lipinski definition) is 0. The molecule has 0 aromatic heterocycles. The van der Waals surface area contributed by atoms with Gasteiger partial charge in [-0.05, 0) is 37.4 Å². The summed E-state index contributed by atoms with van der Waals surface area (Å²) in [5.74, 6) is 0. The number of nitro benzene ring substituents is 1. The molecule has 0 radical (unpaired) electrons. The third-order valence-electron chi connectivity index (χ3n) is 4.10. The number of nitrogens with zero attached hydrogens (tertiary/aromatic N) is 2. The number of nitro groups is 1. The molecule has 0 N–H and O–H groups in total. The zero-order chi connectivity index (χ0) is 16.7. The van der Waals surface area contributed by atoms with Crippen molar-refractivity contribution in [3.05, 3.63) is 75.3 Å². The highest BCUT2D eigenvalue weighted by molar-refractivity contribution is 5.44. The monoisotopic (exact) mass is 312 g/mol. The Bertz CT molecular complexity index is 641. The molecule has 0 atom stereocenters. The molecule has 0 unspecified atom stereocenters. The number of benzene rings is 2. The lowest BCUT2D eigenvalue weighted by atomic mass is 10.0. The molecular formula is C19H24N2O2. The first-order valence-electron chi connectivity index (χ1n) is 8.11. The first kappa shape index (κ1) is 17.2. The first-order chi connectivity index (χ1) is 11.1. The second-order valence-corrected chi connectivity index (χ2v) is 5.83. The van der Waals surface area contributed by atoms with Gasteiger partial charge in [0, 0.05) is 24.7 Å². The summed E-state index contributed by atoms with van der Waals surface area (Å²) < 4.78 is 0. The van der Waals surface area contributed by atoms with Gasteiger partial charge >= 0.3 is 0 Å². The zero-order valence-corrected chi connectivity index (χ0v) is 13.9. The van der Waals surface area contributed by atoms with Crippen molar-refractivity contribution >= 4 is 5.69 Å². The third-order valence-corrected chi connectivity index (χ3v) is 4.10. The van der Waals surface area contributed by atoms with Gasteiger partial charge in [0.1, 0.15) is 0 Å². The van der Waals surface area contributed by atoms with Crippen molar-refractivity contribution < 1.29 is 4.92 Å². The minimum Gasteiger partial charge on any atom is -0.299 e. The minimum atomic E-state index is -0.299. The summed E-state index contributed by atoms with van der Waals surface area (Å²) >= 11 is 0. The fourth-order valence-electron chi connectivity index (χ4n) is 2.84. The van der Waals surface area contributed by atoms with Crippen molar-refractivity contribution in [2.45, 2.75) is 33.2 Å². The molecule has 0 saturated carbocycles. The molecule has 0 fully saturated rings. The summed E-state index contributed by atoms with van der Waals surface area (Å²) in [5, 5.41) is 11.1. The predicted octanol–water partition coefficient (Wildman–Crippen LogP) is 4.36. The Morgan fingerprint density at radius 2 is 1.78 bits per heavy atom. The van der Waals surface area contributed by atoms with E-state index in [2.05, 4.69) is 36.1 Å². The Labute approximate surface area is 137 Å². The Hall–Kier alpha value is -2.20. The van der Waals surface area contributed by atoms with E-state index in [1.54, 1.807) is 12.1 Å². The molecule has 0 saturated heterocycles. The largest absolute Gasteiger partial charge is 0.299 e. The van der Waals surface area contributed by atoms with Crippen LogP contribution in [0.1, 0.15) is 30.0 Å². The maximum absolute atomic E-state index is 11.1. The highest BCUT2D eigenvalue weighted by atomic mass is 16.6. The number of hydrogen-bond acceptors (Lipinski definition) is 3. The molecule has 0 aliphatic carbocycles. The van der Waals surface area contributed by atoms with Crippen molar-refractivity contribution in [2.24, 2.45) is 0 Å². The molecule has 2 aromatic carbocycles. The van der Waals surface area contributed by atoms with E-state index in [9.17, 15) is 10.1 Å². The summed E-state index contributed by atoms with van der Waals surface area (Å²) in [6.45, 7) is 6.88. The van der Waals surface area contributed by atoms with E-state index < -0.39 is 0 Å². The van der Waals surface area contributed by atoms with E-state index in [4.69, 9.17) is 0 Å². The molecule has 0 heterocycles. The van der Waals surface area contributed by atoms with Gasteiger partial charge in [-0.25, -0.2) is 0 Å². The fourth-order valence-corrected chi connectivity index (χ4v) is 2.84. The van der Waals surface area contributed by atoms with Crippen molar-refractivity contribution in [1.82, 2.24) is 4.90 Å². The van der Waals surface area contributed by atoms with Gasteiger partial charge in [-0.3, -0.25) is 15.0 Å². The van der Waals surface area contributed by atoms with Crippen LogP contribution in [0.5, 0.6) is 0 Å². The third kappa shape index (κ3) is 4.89. The van der Waals surface area contributed by atoms with Crippen LogP contribution in [-0.2, 0) is 13.0 Å². The zero-order valence-electron chi connectivity index (χ0n) is 13.9. The summed E-state index contributed by atoms with van der Waals surface area (Å²) in [6, 6.07) is 15.8. The quantitative estimate of drug-likeness (QED) is 0.537. The SMILES string of the molecule is CCCN(CCc1cccc([N+](=O)[O-])c1C)Cc1ccccc1. The topological polar surface area (TPSA) is 46.4 Å². The molecule has 0 amide bonds. The van der Waals surface area contributed by atoms with E-state index in [0.29, 0.717) is 0 Å². The van der Waals surface area contributed by atoms with E-state index in [1.807, 2.05) is 19.1 Å². The van der Waals surface area contributed by atoms with E-state index >= 15 is 0 Å². The standard InChI is InChI=1S/C19H24N2O2/c1-3-13-20(15-17-8-5-4-6-9-17)14-12-18-10-7-11-19(16(18)2)21(22)23/h4-11H,3,12-15H2,1-2H3. The van der Waals surface area contributed by atoms with Gasteiger partial charge in [0.2, 0.25) is 0 Å². The van der Waals surface area contributed by atoms with Gasteiger partial charge in [-0.2, -0.15) is 0 Å². The van der Waals surface area contributed by atoms with Crippen molar-refractivity contribution in [2.75, 3.05) is 13.1 Å². The first-order valence-corrected chi connectivity index (χ1v) is 8.11. The van der Waals surface area contributed by atoms with E-state index in [-0.39, 0.29) is 10.6 Å². The fraction of sp³-hybridized carbons (Fsp3) is 0.368. The molecule has 0 spiro atoms. The van der Waals surface area contributed by atoms with E-state index in [0.717, 1.165) is 43.6 Å². The second kappa shape index (κ2) is 8.44. The lowest BCUT2D eigenvalue weighted by Crippen LogP contribution is -2.26. The second-order valence-electron chi connectivity index (χ2n) is 5.83. The van der Waals surface area contributed by atoms with Gasteiger partial charge in [-0.1, -0.05) is 49.4 Å². The maximum atomic E-state index is 11.1. The Morgan fingerprint density at radius 1 is 1.04 bits per heavy atom. The van der Waals surface area contributed by atoms with Gasteiger partial charge < -0.3 is 0 Å². The highest BCUT2D eigenvalue weighted by Crippen LogP contribution is 2.21. The molecule has 4 nitrogen and oxygen atoms in total. The number of rotatable bonds is 8. The van der Waals surface area contributed by atoms with Crippen molar-refractivity contribution in [1.29, 1.82) is 0 Å². The molecule has 23 heavy (non-hydrogen) atoms. The summed E-state index contributed by atoms with van der Waals surface area (Å²) in [7, 11) is 0. The van der Waals surface area contributed by atoms with Crippen LogP contribution < -0.4 is 0 Å². The van der Waals surface area contributed by atoms with Crippen LogP contribution in [0.4, 0.5) is 5.69 Å². The van der Waals surface area contributed by atoms with Crippen molar-refractivity contribution in [3.8, 4) is 0 Å². The Kier molecular flexibility index (Phi) is 6.29. The lowest BCUT2D eigenvalue weighted by Gasteiger charge is -2.22. The summed E-state index contributed by atoms with van der Waals surface area (Å²) in [5.41, 5.74) is 3.37. The molecule has 0 aliphatic heterocycles. The molecule has 0 bridgehead atoms. The van der Waals surface area contributed by atoms with Crippen LogP contribution in [0.3, 0.4) is 0 Å². The molecule has 2 aromatic rings. The molecular weight excluding hydrogens is 288 g/mol. The summed E-state index contributed by atoms with van der Waals surface area (Å²) in [4.78, 5) is 13.2. The summed E-state index contributed by atoms with van der Waals surface area (Å²) in [6.07, 6.45) is 1.93. The van der Waals surface area contributed by atoms with Gasteiger partial charge in [0.05, 0.1) is 4.92 Å². The minimum absolute atomic E-state index is 0.215. The van der Waals surface area contributed by atoms with Crippen LogP contribution in [0, 0.1) is 17.0 Å². The smallest absolute Gasteiger partial charge is 0.272 e. The molecule has 2 rings (SSSR count). The molecule has 0 aliphatic rings. The van der Waals surface area contributed by atoms with Crippen LogP contribution in [0.25, 0.3) is 0 Å². The van der Waals surface area contributed by atoms with Gasteiger partial charge in [0.25, 0.3) is 5.69 Å². The normalized spacial score (nSPS) is 10.9. The van der Waals surface area contributed by atoms with Gasteiger partial charge in [-0.15, -0.1) is 0 Å². The van der Waals surface area contributed by atoms with Crippen LogP contribution in [-0.4, -0.2) is 22.9 Å². The average Bonchev–Trinajstić information content (AvgIpc) is 2.54. The molecule has 4 heteroatoms. The van der Waals surface area contributed by atoms with Gasteiger partial charge in [0.15, 0.2) is 0 Å². The van der Waals surface area contributed by atoms with Crippen molar-refractivity contribution in [3.63, 3.8) is 0 Å². The highest BCUT2D eigenvalue weighted by Gasteiger charge is 2.14. The lowest BCUT2D eigenvalue weighted by molar-refractivity contribution is -0.385. The molecule has 122 valence electrons. The Balaban J connectivity index is 2.04. The van der Waals surface area contributed by atoms with E-state index in [1.165, 1.54) is 5.56 Å². The Morgan fingerprint density at radius 3 is 2.43 bits per heavy atom.